The SMILES string of the molecule is C#CC1C=CC(c2c3c(c(C4=CC5CC5(C#C)C=C4)c4ccccc24)C=CC2CC32)=CC1. The number of fused-ring (bicyclic) bond motifs is 5. The quantitative estimate of drug-likeness (QED) is 0.463. The number of terminal acetylenes is 2. The number of hydrogen-bond acceptors (Lipinski definition) is 0. The highest BCUT2D eigenvalue weighted by Crippen LogP contribution is 2.60. The molecule has 0 bridgehead atoms. The third-order valence-electron chi connectivity index (χ3n) is 8.18. The average molecular weight is 409 g/mol. The molecule has 0 heterocycles. The molecule has 2 saturated carbocycles. The molecule has 0 heteroatoms. The van der Waals surface area contributed by atoms with E-state index < -0.39 is 0 Å². The monoisotopic (exact) mass is 408 g/mol. The van der Waals surface area contributed by atoms with Crippen LogP contribution in [0.15, 0.2) is 66.8 Å². The first-order valence-corrected chi connectivity index (χ1v) is 11.7. The van der Waals surface area contributed by atoms with Gasteiger partial charge in [-0.2, -0.15) is 0 Å². The summed E-state index contributed by atoms with van der Waals surface area (Å²) < 4.78 is 0. The third-order valence-corrected chi connectivity index (χ3v) is 8.18. The van der Waals surface area contributed by atoms with E-state index >= 15 is 0 Å². The molecule has 2 aromatic carbocycles. The molecule has 152 valence electrons. The Morgan fingerprint density at radius 2 is 1.78 bits per heavy atom. The van der Waals surface area contributed by atoms with Gasteiger partial charge in [-0.15, -0.1) is 12.8 Å². The van der Waals surface area contributed by atoms with Crippen molar-refractivity contribution in [2.24, 2.45) is 23.2 Å². The Morgan fingerprint density at radius 1 is 0.938 bits per heavy atom. The second-order valence-electron chi connectivity index (χ2n) is 9.97. The van der Waals surface area contributed by atoms with Gasteiger partial charge in [0.05, 0.1) is 5.41 Å². The summed E-state index contributed by atoms with van der Waals surface area (Å²) in [6.45, 7) is 0. The largest absolute Gasteiger partial charge is 0.119 e. The lowest BCUT2D eigenvalue weighted by Crippen LogP contribution is -2.08. The molecule has 5 aliphatic carbocycles. The number of benzene rings is 2. The first kappa shape index (κ1) is 18.1. The Bertz CT molecular complexity index is 1440. The summed E-state index contributed by atoms with van der Waals surface area (Å²) in [5.41, 5.74) is 8.40. The summed E-state index contributed by atoms with van der Waals surface area (Å²) in [7, 11) is 0. The maximum Gasteiger partial charge on any atom is 0.0564 e. The van der Waals surface area contributed by atoms with E-state index in [0.717, 1.165) is 12.8 Å². The molecule has 7 rings (SSSR count). The molecule has 2 aromatic rings. The molecule has 0 N–H and O–H groups in total. The van der Waals surface area contributed by atoms with Crippen molar-refractivity contribution in [1.29, 1.82) is 0 Å². The van der Waals surface area contributed by atoms with Gasteiger partial charge < -0.3 is 0 Å². The van der Waals surface area contributed by atoms with Gasteiger partial charge in [0.1, 0.15) is 0 Å². The molecule has 5 atom stereocenters. The topological polar surface area (TPSA) is 0 Å². The van der Waals surface area contributed by atoms with Gasteiger partial charge in [-0.1, -0.05) is 84.7 Å². The Labute approximate surface area is 190 Å². The van der Waals surface area contributed by atoms with Crippen LogP contribution in [0.2, 0.25) is 0 Å². The lowest BCUT2D eigenvalue weighted by atomic mass is 9.77. The van der Waals surface area contributed by atoms with Crippen LogP contribution in [-0.2, 0) is 0 Å². The maximum absolute atomic E-state index is 5.84. The highest BCUT2D eigenvalue weighted by Gasteiger charge is 2.51. The molecule has 0 nitrogen and oxygen atoms in total. The molecule has 0 saturated heterocycles. The van der Waals surface area contributed by atoms with Gasteiger partial charge in [-0.25, -0.2) is 0 Å². The van der Waals surface area contributed by atoms with Gasteiger partial charge in [0.25, 0.3) is 0 Å². The fourth-order valence-corrected chi connectivity index (χ4v) is 6.16. The van der Waals surface area contributed by atoms with Crippen LogP contribution in [0.5, 0.6) is 0 Å². The molecule has 0 spiro atoms. The molecule has 0 aromatic heterocycles. The molecular formula is C32H24. The Morgan fingerprint density at radius 3 is 2.50 bits per heavy atom. The number of hydrogen-bond donors (Lipinski definition) is 0. The third kappa shape index (κ3) is 2.42. The van der Waals surface area contributed by atoms with Crippen molar-refractivity contribution in [2.75, 3.05) is 0 Å². The minimum atomic E-state index is -0.0258. The number of allylic oxidation sites excluding steroid dienone is 9. The Balaban J connectivity index is 1.50. The van der Waals surface area contributed by atoms with E-state index in [9.17, 15) is 0 Å². The van der Waals surface area contributed by atoms with Gasteiger partial charge in [-0.05, 0) is 81.2 Å². The Hall–Kier alpha value is -3.48. The predicted molar refractivity (Wildman–Crippen MR) is 134 cm³/mol. The summed E-state index contributed by atoms with van der Waals surface area (Å²) in [6.07, 6.45) is 33.4. The summed E-state index contributed by atoms with van der Waals surface area (Å²) >= 11 is 0. The van der Waals surface area contributed by atoms with Crippen LogP contribution >= 0.6 is 0 Å². The van der Waals surface area contributed by atoms with Gasteiger partial charge in [0.15, 0.2) is 0 Å². The molecule has 5 aliphatic rings. The van der Waals surface area contributed by atoms with E-state index in [0.29, 0.717) is 17.8 Å². The fraction of sp³-hybridized carbons (Fsp3) is 0.250. The summed E-state index contributed by atoms with van der Waals surface area (Å²) in [6, 6.07) is 8.95. The summed E-state index contributed by atoms with van der Waals surface area (Å²) in [4.78, 5) is 0. The van der Waals surface area contributed by atoms with Crippen LogP contribution in [0.3, 0.4) is 0 Å². The van der Waals surface area contributed by atoms with E-state index in [1.165, 1.54) is 45.0 Å². The van der Waals surface area contributed by atoms with Crippen LogP contribution in [0.1, 0.15) is 47.4 Å². The lowest BCUT2D eigenvalue weighted by molar-refractivity contribution is 0.819. The normalized spacial score (nSPS) is 32.7. The molecule has 5 unspecified atom stereocenters. The van der Waals surface area contributed by atoms with Crippen LogP contribution in [0.4, 0.5) is 0 Å². The smallest absolute Gasteiger partial charge is 0.0564 e. The second-order valence-corrected chi connectivity index (χ2v) is 9.97. The van der Waals surface area contributed by atoms with E-state index in [-0.39, 0.29) is 11.3 Å². The average Bonchev–Trinajstić information content (AvgIpc) is 3.76. The van der Waals surface area contributed by atoms with Crippen molar-refractivity contribution in [3.8, 4) is 24.7 Å². The minimum Gasteiger partial charge on any atom is -0.119 e. The molecular weight excluding hydrogens is 384 g/mol. The zero-order valence-electron chi connectivity index (χ0n) is 18.0. The van der Waals surface area contributed by atoms with Gasteiger partial charge in [-0.3, -0.25) is 0 Å². The standard InChI is InChI=1S/C32H24/c1-3-20-9-11-21(12-10-20)30-26-8-6-5-7-25(26)29(27-14-13-22-18-28(22)31(27)30)23-15-16-32(4-2)19-24(32)17-23/h1-2,5-9,11-17,20,22,24,28H,10,18-19H2. The van der Waals surface area contributed by atoms with E-state index in [1.807, 2.05) is 0 Å². The second kappa shape index (κ2) is 6.28. The van der Waals surface area contributed by atoms with E-state index in [1.54, 1.807) is 5.56 Å². The molecule has 2 fully saturated rings. The van der Waals surface area contributed by atoms with Crippen molar-refractivity contribution in [1.82, 2.24) is 0 Å². The van der Waals surface area contributed by atoms with E-state index in [4.69, 9.17) is 12.8 Å². The molecule has 0 aliphatic heterocycles. The van der Waals surface area contributed by atoms with Gasteiger partial charge in [0.2, 0.25) is 0 Å². The predicted octanol–water partition coefficient (Wildman–Crippen LogP) is 7.16. The summed E-state index contributed by atoms with van der Waals surface area (Å²) in [5.74, 6) is 7.92. The highest BCUT2D eigenvalue weighted by molar-refractivity contribution is 6.08. The highest BCUT2D eigenvalue weighted by atomic mass is 14.5. The molecule has 0 amide bonds. The van der Waals surface area contributed by atoms with Gasteiger partial charge in [0, 0.05) is 5.92 Å². The van der Waals surface area contributed by atoms with Crippen molar-refractivity contribution in [3.63, 3.8) is 0 Å². The zero-order chi connectivity index (χ0) is 21.4. The molecule has 0 radical (unpaired) electrons. The van der Waals surface area contributed by atoms with E-state index in [2.05, 4.69) is 84.7 Å². The van der Waals surface area contributed by atoms with Crippen molar-refractivity contribution in [2.45, 2.75) is 25.2 Å². The zero-order valence-corrected chi connectivity index (χ0v) is 18.0. The van der Waals surface area contributed by atoms with Crippen LogP contribution < -0.4 is 0 Å². The fourth-order valence-electron chi connectivity index (χ4n) is 6.16. The summed E-state index contributed by atoms with van der Waals surface area (Å²) in [5, 5.41) is 2.69. The minimum absolute atomic E-state index is 0.0258. The molecule has 32 heavy (non-hydrogen) atoms. The lowest BCUT2D eigenvalue weighted by Gasteiger charge is -2.26. The first-order chi connectivity index (χ1) is 15.7. The maximum atomic E-state index is 5.84. The van der Waals surface area contributed by atoms with Crippen LogP contribution in [0.25, 0.3) is 28.0 Å². The van der Waals surface area contributed by atoms with Crippen molar-refractivity contribution < 1.29 is 0 Å². The van der Waals surface area contributed by atoms with Crippen molar-refractivity contribution in [3.05, 3.63) is 89.1 Å². The number of rotatable bonds is 2. The Kier molecular flexibility index (Phi) is 3.56. The van der Waals surface area contributed by atoms with Gasteiger partial charge >= 0.3 is 0 Å². The van der Waals surface area contributed by atoms with Crippen LogP contribution in [0, 0.1) is 47.9 Å². The van der Waals surface area contributed by atoms with Crippen LogP contribution in [-0.4, -0.2) is 0 Å². The first-order valence-electron chi connectivity index (χ1n) is 11.7. The van der Waals surface area contributed by atoms with Crippen molar-refractivity contribution >= 4 is 28.0 Å².